The van der Waals surface area contributed by atoms with Crippen molar-refractivity contribution in [1.82, 2.24) is 0 Å². The van der Waals surface area contributed by atoms with E-state index in [0.717, 1.165) is 23.3 Å². The average Bonchev–Trinajstić information content (AvgIpc) is 2.83. The molecule has 0 aliphatic carbocycles. The number of benzene rings is 3. The summed E-state index contributed by atoms with van der Waals surface area (Å²) < 4.78 is 5.36. The minimum absolute atomic E-state index is 0.0909. The van der Waals surface area contributed by atoms with E-state index < -0.39 is 10.8 Å². The number of ether oxygens (including phenoxy) is 1. The molecule has 8 nitrogen and oxygen atoms in total. The van der Waals surface area contributed by atoms with Crippen molar-refractivity contribution in [1.29, 1.82) is 0 Å². The van der Waals surface area contributed by atoms with Crippen molar-refractivity contribution in [3.63, 3.8) is 0 Å². The van der Waals surface area contributed by atoms with Crippen LogP contribution < -0.4 is 10.1 Å². The normalized spacial score (nSPS) is 13.9. The van der Waals surface area contributed by atoms with Crippen LogP contribution in [0.3, 0.4) is 0 Å². The van der Waals surface area contributed by atoms with Crippen LogP contribution in [-0.4, -0.2) is 35.0 Å². The highest BCUT2D eigenvalue weighted by molar-refractivity contribution is 6.17. The van der Waals surface area contributed by atoms with Gasteiger partial charge in [0.05, 0.1) is 29.7 Å². The number of ketones is 1. The van der Waals surface area contributed by atoms with Gasteiger partial charge in [-0.3, -0.25) is 24.7 Å². The minimum atomic E-state index is -0.552. The highest BCUT2D eigenvalue weighted by Crippen LogP contribution is 2.31. The van der Waals surface area contributed by atoms with E-state index in [0.29, 0.717) is 17.0 Å². The molecule has 178 valence electrons. The van der Waals surface area contributed by atoms with Gasteiger partial charge in [0.15, 0.2) is 5.78 Å². The molecule has 1 aliphatic rings. The molecule has 8 heteroatoms. The Morgan fingerprint density at radius 3 is 2.49 bits per heavy atom. The number of carbonyl (C=O) groups excluding carboxylic acids is 2. The van der Waals surface area contributed by atoms with Gasteiger partial charge in [0, 0.05) is 34.5 Å². The van der Waals surface area contributed by atoms with Crippen LogP contribution in [0.4, 0.5) is 11.4 Å². The smallest absolute Gasteiger partial charge is 0.270 e. The van der Waals surface area contributed by atoms with Crippen molar-refractivity contribution < 1.29 is 19.2 Å². The van der Waals surface area contributed by atoms with Gasteiger partial charge < -0.3 is 10.1 Å². The van der Waals surface area contributed by atoms with Gasteiger partial charge in [0.2, 0.25) is 0 Å². The molecule has 0 aromatic heterocycles. The molecule has 0 fully saturated rings. The fourth-order valence-corrected chi connectivity index (χ4v) is 4.13. The molecule has 1 N–H and O–H groups in total. The maximum absolute atomic E-state index is 13.1. The van der Waals surface area contributed by atoms with Crippen LogP contribution in [0.1, 0.15) is 52.1 Å². The lowest BCUT2D eigenvalue weighted by molar-refractivity contribution is -0.384. The number of hydrogen-bond acceptors (Lipinski definition) is 6. The summed E-state index contributed by atoms with van der Waals surface area (Å²) in [6.45, 7) is 4.09. The second kappa shape index (κ2) is 9.50. The van der Waals surface area contributed by atoms with Gasteiger partial charge in [0.1, 0.15) is 5.75 Å². The van der Waals surface area contributed by atoms with Gasteiger partial charge in [-0.05, 0) is 68.3 Å². The van der Waals surface area contributed by atoms with Gasteiger partial charge in [0.25, 0.3) is 11.6 Å². The number of hydrogen-bond donors (Lipinski definition) is 1. The summed E-state index contributed by atoms with van der Waals surface area (Å²) >= 11 is 0. The molecule has 0 bridgehead atoms. The first-order chi connectivity index (χ1) is 16.6. The van der Waals surface area contributed by atoms with Crippen LogP contribution in [0.15, 0.2) is 71.7 Å². The highest BCUT2D eigenvalue weighted by Gasteiger charge is 2.28. The number of nitro groups is 1. The summed E-state index contributed by atoms with van der Waals surface area (Å²) in [6.07, 6.45) is 0.923. The third-order valence-electron chi connectivity index (χ3n) is 5.80. The largest absolute Gasteiger partial charge is 0.497 e. The number of amides is 1. The zero-order valence-corrected chi connectivity index (χ0v) is 19.7. The first-order valence-electron chi connectivity index (χ1n) is 11.1. The van der Waals surface area contributed by atoms with E-state index >= 15 is 0 Å². The van der Waals surface area contributed by atoms with Gasteiger partial charge in [-0.25, -0.2) is 0 Å². The van der Waals surface area contributed by atoms with Gasteiger partial charge in [-0.15, -0.1) is 0 Å². The number of carbonyl (C=O) groups is 2. The molecular weight excluding hydrogens is 446 g/mol. The average molecular weight is 472 g/mol. The van der Waals surface area contributed by atoms with E-state index in [1.165, 1.54) is 24.3 Å². The Morgan fingerprint density at radius 1 is 1.06 bits per heavy atom. The van der Waals surface area contributed by atoms with E-state index in [1.54, 1.807) is 31.4 Å². The fraction of sp³-hybridized carbons (Fsp3) is 0.222. The molecule has 1 heterocycles. The number of non-ortho nitro benzene ring substituents is 1. The Kier molecular flexibility index (Phi) is 6.46. The van der Waals surface area contributed by atoms with Crippen LogP contribution in [-0.2, 0) is 6.42 Å². The molecule has 1 aliphatic heterocycles. The Morgan fingerprint density at radius 2 is 1.80 bits per heavy atom. The molecule has 4 rings (SSSR count). The molecule has 0 saturated heterocycles. The van der Waals surface area contributed by atoms with Crippen LogP contribution >= 0.6 is 0 Å². The van der Waals surface area contributed by atoms with Crippen molar-refractivity contribution in [3.8, 4) is 5.75 Å². The standard InChI is InChI=1S/C27H25N3O5/c1-27(2)16-19-9-12-22(35-3)14-23(19)24(29-27)15-25(31)17-7-10-20(11-8-17)28-26(32)18-5-4-6-21(13-18)30(33)34/h4-14H,15-16H2,1-3H3,(H,28,32). The summed E-state index contributed by atoms with van der Waals surface area (Å²) in [7, 11) is 1.61. The lowest BCUT2D eigenvalue weighted by atomic mass is 9.85. The van der Waals surface area contributed by atoms with Gasteiger partial charge in [-0.2, -0.15) is 0 Å². The van der Waals surface area contributed by atoms with Crippen molar-refractivity contribution in [2.24, 2.45) is 4.99 Å². The summed E-state index contributed by atoms with van der Waals surface area (Å²) in [5.74, 6) is 0.149. The molecule has 35 heavy (non-hydrogen) atoms. The summed E-state index contributed by atoms with van der Waals surface area (Å²) in [5, 5.41) is 13.6. The monoisotopic (exact) mass is 471 g/mol. The van der Waals surface area contributed by atoms with Crippen molar-refractivity contribution >= 4 is 28.8 Å². The number of nitrogens with zero attached hydrogens (tertiary/aromatic N) is 2. The van der Waals surface area contributed by atoms with Crippen LogP contribution in [0.25, 0.3) is 0 Å². The zero-order chi connectivity index (χ0) is 25.2. The van der Waals surface area contributed by atoms with Crippen LogP contribution in [0, 0.1) is 10.1 Å². The molecular formula is C27H25N3O5. The summed E-state index contributed by atoms with van der Waals surface area (Å²) in [6, 6.07) is 17.9. The molecule has 0 saturated carbocycles. The number of anilines is 1. The molecule has 3 aromatic carbocycles. The van der Waals surface area contributed by atoms with Crippen molar-refractivity contribution in [3.05, 3.63) is 99.1 Å². The van der Waals surface area contributed by atoms with Crippen molar-refractivity contribution in [2.75, 3.05) is 12.4 Å². The number of rotatable bonds is 7. The third-order valence-corrected chi connectivity index (χ3v) is 5.80. The molecule has 0 atom stereocenters. The number of nitro benzene ring substituents is 1. The molecule has 0 unspecified atom stereocenters. The maximum atomic E-state index is 13.1. The third kappa shape index (κ3) is 5.43. The molecule has 0 spiro atoms. The van der Waals surface area contributed by atoms with E-state index in [9.17, 15) is 19.7 Å². The van der Waals surface area contributed by atoms with Gasteiger partial charge in [-0.1, -0.05) is 12.1 Å². The molecule has 3 aromatic rings. The number of Topliss-reactive ketones (excluding diaryl/α,β-unsaturated/α-hetero) is 1. The minimum Gasteiger partial charge on any atom is -0.497 e. The topological polar surface area (TPSA) is 111 Å². The summed E-state index contributed by atoms with van der Waals surface area (Å²) in [4.78, 5) is 40.8. The van der Waals surface area contributed by atoms with E-state index in [1.807, 2.05) is 32.0 Å². The van der Waals surface area contributed by atoms with Crippen LogP contribution in [0.5, 0.6) is 5.75 Å². The maximum Gasteiger partial charge on any atom is 0.270 e. The zero-order valence-electron chi connectivity index (χ0n) is 19.7. The van der Waals surface area contributed by atoms with Crippen molar-refractivity contribution in [2.45, 2.75) is 32.2 Å². The Bertz CT molecular complexity index is 1340. The predicted molar refractivity (Wildman–Crippen MR) is 134 cm³/mol. The molecule has 0 radical (unpaired) electrons. The Labute approximate surface area is 202 Å². The first-order valence-corrected chi connectivity index (χ1v) is 11.1. The number of fused-ring (bicyclic) bond motifs is 1. The van der Waals surface area contributed by atoms with Gasteiger partial charge >= 0.3 is 0 Å². The fourth-order valence-electron chi connectivity index (χ4n) is 4.13. The number of nitrogens with one attached hydrogen (secondary N) is 1. The first kappa shape index (κ1) is 23.8. The molecule has 1 amide bonds. The predicted octanol–water partition coefficient (Wildman–Crippen LogP) is 5.25. The second-order valence-corrected chi connectivity index (χ2v) is 9.01. The second-order valence-electron chi connectivity index (χ2n) is 9.01. The van der Waals surface area contributed by atoms with E-state index in [4.69, 9.17) is 9.73 Å². The van der Waals surface area contributed by atoms with Crippen LogP contribution in [0.2, 0.25) is 0 Å². The summed E-state index contributed by atoms with van der Waals surface area (Å²) in [5.41, 5.74) is 3.46. The number of methoxy groups -OCH3 is 1. The lowest BCUT2D eigenvalue weighted by Crippen LogP contribution is -2.30. The highest BCUT2D eigenvalue weighted by atomic mass is 16.6. The quantitative estimate of drug-likeness (QED) is 0.287. The Balaban J connectivity index is 1.49. The lowest BCUT2D eigenvalue weighted by Gasteiger charge is -2.29. The SMILES string of the molecule is COc1ccc2c(c1)C(CC(=O)c1ccc(NC(=O)c3cccc([N+](=O)[O-])c3)cc1)=NC(C)(C)C2. The van der Waals surface area contributed by atoms with E-state index in [2.05, 4.69) is 5.32 Å². The Hall–Kier alpha value is -4.33. The van der Waals surface area contributed by atoms with E-state index in [-0.39, 0.29) is 29.0 Å². The number of aliphatic imine (C=N–C) groups is 1.